The molecule has 0 radical (unpaired) electrons. The van der Waals surface area contributed by atoms with Gasteiger partial charge in [-0.3, -0.25) is 4.98 Å². The molecule has 2 atom stereocenters. The number of nitrogens with zero attached hydrogens (tertiary/aromatic N) is 1. The van der Waals surface area contributed by atoms with Crippen molar-refractivity contribution in [3.8, 4) is 0 Å². The van der Waals surface area contributed by atoms with Crippen molar-refractivity contribution in [2.45, 2.75) is 12.5 Å². The van der Waals surface area contributed by atoms with Gasteiger partial charge in [0.15, 0.2) is 0 Å². The van der Waals surface area contributed by atoms with Gasteiger partial charge in [-0.1, -0.05) is 30.4 Å². The Hall–Kier alpha value is -1.45. The van der Waals surface area contributed by atoms with E-state index in [4.69, 9.17) is 0 Å². The molecule has 0 amide bonds. The predicted molar refractivity (Wildman–Crippen MR) is 68.6 cm³/mol. The lowest BCUT2D eigenvalue weighted by molar-refractivity contribution is 0.173. The zero-order valence-electron chi connectivity index (χ0n) is 9.79. The fourth-order valence-corrected chi connectivity index (χ4v) is 1.86. The van der Waals surface area contributed by atoms with E-state index in [9.17, 15) is 5.11 Å². The molecule has 0 fully saturated rings. The Morgan fingerprint density at radius 3 is 2.88 bits per heavy atom. The summed E-state index contributed by atoms with van der Waals surface area (Å²) in [7, 11) is 0. The van der Waals surface area contributed by atoms with Crippen LogP contribution in [-0.4, -0.2) is 29.3 Å². The van der Waals surface area contributed by atoms with Gasteiger partial charge in [-0.15, -0.1) is 0 Å². The SMILES string of the molecule is OC1C=CC=CC1CNCCc1ccccn1. The summed E-state index contributed by atoms with van der Waals surface area (Å²) in [6, 6.07) is 5.95. The van der Waals surface area contributed by atoms with Crippen molar-refractivity contribution in [1.82, 2.24) is 10.3 Å². The summed E-state index contributed by atoms with van der Waals surface area (Å²) in [5.41, 5.74) is 1.10. The van der Waals surface area contributed by atoms with Gasteiger partial charge < -0.3 is 10.4 Å². The molecule has 17 heavy (non-hydrogen) atoms. The molecule has 0 saturated heterocycles. The number of hydrogen-bond donors (Lipinski definition) is 2. The second-order valence-electron chi connectivity index (χ2n) is 4.20. The van der Waals surface area contributed by atoms with Gasteiger partial charge in [0.1, 0.15) is 0 Å². The monoisotopic (exact) mass is 230 g/mol. The first-order chi connectivity index (χ1) is 8.36. The van der Waals surface area contributed by atoms with Crippen LogP contribution in [0.2, 0.25) is 0 Å². The summed E-state index contributed by atoms with van der Waals surface area (Å²) in [5, 5.41) is 13.0. The molecule has 0 spiro atoms. The third-order valence-electron chi connectivity index (χ3n) is 2.88. The zero-order valence-corrected chi connectivity index (χ0v) is 9.79. The van der Waals surface area contributed by atoms with Crippen LogP contribution in [0.25, 0.3) is 0 Å². The molecule has 90 valence electrons. The molecule has 1 heterocycles. The van der Waals surface area contributed by atoms with Gasteiger partial charge in [0.05, 0.1) is 6.10 Å². The van der Waals surface area contributed by atoms with E-state index in [1.165, 1.54) is 0 Å². The van der Waals surface area contributed by atoms with Crippen LogP contribution < -0.4 is 5.32 Å². The highest BCUT2D eigenvalue weighted by Gasteiger charge is 2.14. The number of pyridine rings is 1. The first kappa shape index (κ1) is 12.0. The van der Waals surface area contributed by atoms with E-state index >= 15 is 0 Å². The van der Waals surface area contributed by atoms with Crippen molar-refractivity contribution in [2.75, 3.05) is 13.1 Å². The molecule has 1 aromatic heterocycles. The van der Waals surface area contributed by atoms with E-state index < -0.39 is 0 Å². The molecule has 0 saturated carbocycles. The Morgan fingerprint density at radius 1 is 1.24 bits per heavy atom. The Balaban J connectivity index is 1.67. The molecule has 3 nitrogen and oxygen atoms in total. The maximum atomic E-state index is 9.69. The zero-order chi connectivity index (χ0) is 11.9. The van der Waals surface area contributed by atoms with Crippen LogP contribution in [0.5, 0.6) is 0 Å². The Morgan fingerprint density at radius 2 is 2.12 bits per heavy atom. The quantitative estimate of drug-likeness (QED) is 0.750. The van der Waals surface area contributed by atoms with Gasteiger partial charge in [-0.25, -0.2) is 0 Å². The molecule has 0 bridgehead atoms. The van der Waals surface area contributed by atoms with Crippen molar-refractivity contribution in [1.29, 1.82) is 0 Å². The number of aliphatic hydroxyl groups excluding tert-OH is 1. The summed E-state index contributed by atoms with van der Waals surface area (Å²) in [5.74, 6) is 0.184. The maximum Gasteiger partial charge on any atom is 0.0798 e. The molecule has 0 aromatic carbocycles. The summed E-state index contributed by atoms with van der Waals surface area (Å²) in [4.78, 5) is 4.26. The van der Waals surface area contributed by atoms with Crippen molar-refractivity contribution in [3.63, 3.8) is 0 Å². The van der Waals surface area contributed by atoms with Gasteiger partial charge in [0, 0.05) is 37.3 Å². The molecule has 3 heteroatoms. The van der Waals surface area contributed by atoms with Crippen molar-refractivity contribution < 1.29 is 5.11 Å². The van der Waals surface area contributed by atoms with Crippen molar-refractivity contribution >= 4 is 0 Å². The van der Waals surface area contributed by atoms with Gasteiger partial charge in [0.2, 0.25) is 0 Å². The third kappa shape index (κ3) is 3.80. The molecular formula is C14H18N2O. The minimum Gasteiger partial charge on any atom is -0.388 e. The number of rotatable bonds is 5. The first-order valence-corrected chi connectivity index (χ1v) is 6.00. The normalized spacial score (nSPS) is 22.9. The molecule has 1 aliphatic rings. The van der Waals surface area contributed by atoms with E-state index in [1.807, 2.05) is 48.7 Å². The number of aromatic nitrogens is 1. The van der Waals surface area contributed by atoms with E-state index in [1.54, 1.807) is 0 Å². The fourth-order valence-electron chi connectivity index (χ4n) is 1.86. The topological polar surface area (TPSA) is 45.1 Å². The van der Waals surface area contributed by atoms with Crippen LogP contribution >= 0.6 is 0 Å². The minimum absolute atomic E-state index is 0.184. The van der Waals surface area contributed by atoms with Gasteiger partial charge in [0.25, 0.3) is 0 Å². The van der Waals surface area contributed by atoms with E-state index in [0.29, 0.717) is 0 Å². The molecule has 0 aliphatic heterocycles. The third-order valence-corrected chi connectivity index (χ3v) is 2.88. The number of allylic oxidation sites excluding steroid dienone is 2. The minimum atomic E-state index is -0.359. The predicted octanol–water partition coefficient (Wildman–Crippen LogP) is 1.32. The van der Waals surface area contributed by atoms with Crippen LogP contribution in [-0.2, 0) is 6.42 Å². The van der Waals surface area contributed by atoms with E-state index in [-0.39, 0.29) is 12.0 Å². The van der Waals surface area contributed by atoms with Crippen LogP contribution in [0.4, 0.5) is 0 Å². The highest BCUT2D eigenvalue weighted by Crippen LogP contribution is 2.11. The molecule has 1 aliphatic carbocycles. The average Bonchev–Trinajstić information content (AvgIpc) is 2.38. The first-order valence-electron chi connectivity index (χ1n) is 6.00. The molecule has 1 aromatic rings. The number of hydrogen-bond acceptors (Lipinski definition) is 3. The Bertz CT molecular complexity index is 386. The standard InChI is InChI=1S/C14H18N2O/c17-14-7-2-1-5-12(14)11-15-10-8-13-6-3-4-9-16-13/h1-7,9,12,14-15,17H,8,10-11H2. The van der Waals surface area contributed by atoms with Gasteiger partial charge in [-0.2, -0.15) is 0 Å². The number of nitrogens with one attached hydrogen (secondary N) is 1. The largest absolute Gasteiger partial charge is 0.388 e. The molecular weight excluding hydrogens is 212 g/mol. The van der Waals surface area contributed by atoms with Crippen LogP contribution in [0.15, 0.2) is 48.7 Å². The smallest absolute Gasteiger partial charge is 0.0798 e. The van der Waals surface area contributed by atoms with Gasteiger partial charge >= 0.3 is 0 Å². The molecule has 2 unspecified atom stereocenters. The highest BCUT2D eigenvalue weighted by atomic mass is 16.3. The lowest BCUT2D eigenvalue weighted by Gasteiger charge is -2.19. The summed E-state index contributed by atoms with van der Waals surface area (Å²) in [6.45, 7) is 1.69. The lowest BCUT2D eigenvalue weighted by Crippen LogP contribution is -2.31. The second-order valence-corrected chi connectivity index (χ2v) is 4.20. The molecule has 2 rings (SSSR count). The summed E-state index contributed by atoms with van der Waals surface area (Å²) < 4.78 is 0. The Kier molecular flexibility index (Phi) is 4.47. The average molecular weight is 230 g/mol. The summed E-state index contributed by atoms with van der Waals surface area (Å²) in [6.07, 6.45) is 10.1. The van der Waals surface area contributed by atoms with E-state index in [2.05, 4.69) is 10.3 Å². The van der Waals surface area contributed by atoms with Crippen molar-refractivity contribution in [3.05, 3.63) is 54.4 Å². The molecule has 2 N–H and O–H groups in total. The maximum absolute atomic E-state index is 9.69. The van der Waals surface area contributed by atoms with Crippen LogP contribution in [0, 0.1) is 5.92 Å². The van der Waals surface area contributed by atoms with Gasteiger partial charge in [-0.05, 0) is 12.1 Å². The Labute approximate surface area is 102 Å². The van der Waals surface area contributed by atoms with Crippen LogP contribution in [0.3, 0.4) is 0 Å². The fraction of sp³-hybridized carbons (Fsp3) is 0.357. The highest BCUT2D eigenvalue weighted by molar-refractivity contribution is 5.15. The lowest BCUT2D eigenvalue weighted by atomic mass is 9.98. The number of aliphatic hydroxyl groups is 1. The van der Waals surface area contributed by atoms with E-state index in [0.717, 1.165) is 25.2 Å². The second kappa shape index (κ2) is 6.33. The van der Waals surface area contributed by atoms with Crippen molar-refractivity contribution in [2.24, 2.45) is 5.92 Å². The van der Waals surface area contributed by atoms with Crippen LogP contribution in [0.1, 0.15) is 5.69 Å². The summed E-state index contributed by atoms with van der Waals surface area (Å²) >= 11 is 0.